The summed E-state index contributed by atoms with van der Waals surface area (Å²) < 4.78 is 4.70. The van der Waals surface area contributed by atoms with E-state index in [1.54, 1.807) is 42.6 Å². The number of carbonyl (C=O) groups is 2. The lowest BCUT2D eigenvalue weighted by molar-refractivity contribution is 0.0600. The molecule has 2 N–H and O–H groups in total. The molecule has 2 aromatic heterocycles. The first-order chi connectivity index (χ1) is 12.2. The molecular weight excluding hydrogens is 338 g/mol. The quantitative estimate of drug-likeness (QED) is 0.680. The van der Waals surface area contributed by atoms with Crippen molar-refractivity contribution < 1.29 is 14.3 Å². The maximum absolute atomic E-state index is 12.0. The minimum atomic E-state index is -0.400. The number of nitrogens with one attached hydrogen (secondary N) is 2. The van der Waals surface area contributed by atoms with Crippen LogP contribution in [0.4, 0.5) is 17.2 Å². The van der Waals surface area contributed by atoms with Gasteiger partial charge in [-0.3, -0.25) is 4.79 Å². The van der Waals surface area contributed by atoms with Crippen LogP contribution in [-0.4, -0.2) is 24.0 Å². The van der Waals surface area contributed by atoms with Crippen LogP contribution in [0.25, 0.3) is 0 Å². The SMILES string of the molecule is COC(=O)c1cccc(Nc2ccc(NC(=O)c3cccs3)cn2)c1. The van der Waals surface area contributed by atoms with Crippen molar-refractivity contribution in [2.75, 3.05) is 17.7 Å². The fourth-order valence-corrected chi connectivity index (χ4v) is 2.75. The van der Waals surface area contributed by atoms with Crippen LogP contribution in [0.5, 0.6) is 0 Å². The topological polar surface area (TPSA) is 80.3 Å². The summed E-state index contributed by atoms with van der Waals surface area (Å²) in [5.41, 5.74) is 1.77. The molecule has 3 rings (SSSR count). The number of anilines is 3. The number of methoxy groups -OCH3 is 1. The summed E-state index contributed by atoms with van der Waals surface area (Å²) >= 11 is 1.38. The zero-order chi connectivity index (χ0) is 17.6. The predicted molar refractivity (Wildman–Crippen MR) is 97.6 cm³/mol. The fourth-order valence-electron chi connectivity index (χ4n) is 2.13. The van der Waals surface area contributed by atoms with Crippen molar-refractivity contribution in [2.45, 2.75) is 0 Å². The van der Waals surface area contributed by atoms with Crippen LogP contribution >= 0.6 is 11.3 Å². The number of pyridine rings is 1. The van der Waals surface area contributed by atoms with Crippen molar-refractivity contribution >= 4 is 40.4 Å². The number of hydrogen-bond donors (Lipinski definition) is 2. The summed E-state index contributed by atoms with van der Waals surface area (Å²) in [6.45, 7) is 0. The van der Waals surface area contributed by atoms with Gasteiger partial charge in [0, 0.05) is 5.69 Å². The molecule has 25 heavy (non-hydrogen) atoms. The summed E-state index contributed by atoms with van der Waals surface area (Å²) in [6.07, 6.45) is 1.57. The smallest absolute Gasteiger partial charge is 0.337 e. The molecule has 3 aromatic rings. The number of rotatable bonds is 5. The van der Waals surface area contributed by atoms with E-state index in [1.165, 1.54) is 18.4 Å². The van der Waals surface area contributed by atoms with Crippen LogP contribution < -0.4 is 10.6 Å². The lowest BCUT2D eigenvalue weighted by atomic mass is 10.2. The van der Waals surface area contributed by atoms with Gasteiger partial charge in [0.05, 0.1) is 29.4 Å². The second-order valence-electron chi connectivity index (χ2n) is 5.06. The monoisotopic (exact) mass is 353 g/mol. The highest BCUT2D eigenvalue weighted by Crippen LogP contribution is 2.19. The molecular formula is C18H15N3O3S. The van der Waals surface area contributed by atoms with E-state index in [1.807, 2.05) is 17.5 Å². The van der Waals surface area contributed by atoms with E-state index in [9.17, 15) is 9.59 Å². The normalized spacial score (nSPS) is 10.1. The van der Waals surface area contributed by atoms with Gasteiger partial charge >= 0.3 is 5.97 Å². The number of hydrogen-bond acceptors (Lipinski definition) is 6. The van der Waals surface area contributed by atoms with E-state index < -0.39 is 5.97 Å². The maximum Gasteiger partial charge on any atom is 0.337 e. The minimum absolute atomic E-state index is 0.164. The van der Waals surface area contributed by atoms with Crippen LogP contribution in [0, 0.1) is 0 Å². The summed E-state index contributed by atoms with van der Waals surface area (Å²) in [7, 11) is 1.34. The first kappa shape index (κ1) is 16.7. The van der Waals surface area contributed by atoms with Crippen LogP contribution in [0.3, 0.4) is 0 Å². The first-order valence-electron chi connectivity index (χ1n) is 7.42. The van der Waals surface area contributed by atoms with Gasteiger partial charge in [-0.25, -0.2) is 9.78 Å². The van der Waals surface area contributed by atoms with Gasteiger partial charge < -0.3 is 15.4 Å². The number of nitrogens with zero attached hydrogens (tertiary/aromatic N) is 1. The predicted octanol–water partition coefficient (Wildman–Crippen LogP) is 3.93. The Bertz CT molecular complexity index is 877. The molecule has 126 valence electrons. The van der Waals surface area contributed by atoms with Gasteiger partial charge in [-0.2, -0.15) is 0 Å². The molecule has 0 aliphatic rings. The second-order valence-corrected chi connectivity index (χ2v) is 6.01. The van der Waals surface area contributed by atoms with Crippen LogP contribution in [0.2, 0.25) is 0 Å². The van der Waals surface area contributed by atoms with Gasteiger partial charge in [0.1, 0.15) is 5.82 Å². The molecule has 1 amide bonds. The summed E-state index contributed by atoms with van der Waals surface area (Å²) in [5.74, 6) is 0.0303. The van der Waals surface area contributed by atoms with Crippen molar-refractivity contribution in [2.24, 2.45) is 0 Å². The molecule has 7 heteroatoms. The third kappa shape index (κ3) is 4.21. The zero-order valence-corrected chi connectivity index (χ0v) is 14.2. The van der Waals surface area contributed by atoms with E-state index in [-0.39, 0.29) is 5.91 Å². The number of aromatic nitrogens is 1. The standard InChI is InChI=1S/C18H15N3O3S/c1-24-18(23)12-4-2-5-13(10-12)20-16-8-7-14(11-19-16)21-17(22)15-6-3-9-25-15/h2-11H,1H3,(H,19,20)(H,21,22). The average molecular weight is 353 g/mol. The van der Waals surface area contributed by atoms with E-state index in [4.69, 9.17) is 4.74 Å². The number of amides is 1. The van der Waals surface area contributed by atoms with Crippen LogP contribution in [0.15, 0.2) is 60.1 Å². The number of thiophene rings is 1. The Kier molecular flexibility index (Phi) is 5.06. The highest BCUT2D eigenvalue weighted by molar-refractivity contribution is 7.12. The van der Waals surface area contributed by atoms with Gasteiger partial charge in [0.15, 0.2) is 0 Å². The molecule has 2 heterocycles. The maximum atomic E-state index is 12.0. The van der Waals surface area contributed by atoms with E-state index in [0.717, 1.165) is 0 Å². The van der Waals surface area contributed by atoms with Gasteiger partial charge in [-0.15, -0.1) is 11.3 Å². The molecule has 0 spiro atoms. The largest absolute Gasteiger partial charge is 0.465 e. The summed E-state index contributed by atoms with van der Waals surface area (Å²) in [5, 5.41) is 7.74. The Morgan fingerprint density at radius 1 is 1.08 bits per heavy atom. The third-order valence-electron chi connectivity index (χ3n) is 3.32. The Labute approximate surface area is 148 Å². The molecule has 0 radical (unpaired) electrons. The Hall–Kier alpha value is -3.19. The molecule has 0 fully saturated rings. The molecule has 0 atom stereocenters. The molecule has 1 aromatic carbocycles. The third-order valence-corrected chi connectivity index (χ3v) is 4.19. The molecule has 0 aliphatic heterocycles. The number of esters is 1. The Morgan fingerprint density at radius 3 is 2.64 bits per heavy atom. The molecule has 0 saturated heterocycles. The van der Waals surface area contributed by atoms with Crippen molar-refractivity contribution in [3.05, 3.63) is 70.5 Å². The van der Waals surface area contributed by atoms with Crippen LogP contribution in [-0.2, 0) is 4.74 Å². The van der Waals surface area contributed by atoms with Crippen molar-refractivity contribution in [3.63, 3.8) is 0 Å². The van der Waals surface area contributed by atoms with Gasteiger partial charge in [-0.1, -0.05) is 12.1 Å². The summed E-state index contributed by atoms with van der Waals surface area (Å²) in [4.78, 5) is 28.5. The van der Waals surface area contributed by atoms with Gasteiger partial charge in [0.25, 0.3) is 5.91 Å². The number of carbonyl (C=O) groups excluding carboxylic acids is 2. The van der Waals surface area contributed by atoms with Crippen molar-refractivity contribution in [1.82, 2.24) is 4.98 Å². The molecule has 6 nitrogen and oxygen atoms in total. The molecule has 0 bridgehead atoms. The summed E-state index contributed by atoms with van der Waals surface area (Å²) in [6, 6.07) is 14.0. The second kappa shape index (κ2) is 7.59. The fraction of sp³-hybridized carbons (Fsp3) is 0.0556. The van der Waals surface area contributed by atoms with Crippen molar-refractivity contribution in [1.29, 1.82) is 0 Å². The van der Waals surface area contributed by atoms with E-state index >= 15 is 0 Å². The first-order valence-corrected chi connectivity index (χ1v) is 8.30. The Morgan fingerprint density at radius 2 is 1.96 bits per heavy atom. The Balaban J connectivity index is 1.67. The minimum Gasteiger partial charge on any atom is -0.465 e. The molecule has 0 saturated carbocycles. The van der Waals surface area contributed by atoms with Crippen molar-refractivity contribution in [3.8, 4) is 0 Å². The molecule has 0 unspecified atom stereocenters. The number of ether oxygens (including phenoxy) is 1. The zero-order valence-electron chi connectivity index (χ0n) is 13.4. The number of benzene rings is 1. The average Bonchev–Trinajstić information content (AvgIpc) is 3.18. The van der Waals surface area contributed by atoms with E-state index in [0.29, 0.717) is 27.6 Å². The lowest BCUT2D eigenvalue weighted by Gasteiger charge is -2.08. The highest BCUT2D eigenvalue weighted by Gasteiger charge is 2.08. The van der Waals surface area contributed by atoms with Crippen LogP contribution in [0.1, 0.15) is 20.0 Å². The molecule has 0 aliphatic carbocycles. The lowest BCUT2D eigenvalue weighted by Crippen LogP contribution is -2.10. The van der Waals surface area contributed by atoms with E-state index in [2.05, 4.69) is 15.6 Å². The highest BCUT2D eigenvalue weighted by atomic mass is 32.1. The van der Waals surface area contributed by atoms with Gasteiger partial charge in [-0.05, 0) is 41.8 Å². The van der Waals surface area contributed by atoms with Gasteiger partial charge in [0.2, 0.25) is 0 Å².